The van der Waals surface area contributed by atoms with Gasteiger partial charge in [0.1, 0.15) is 10.8 Å². The first-order valence-corrected chi connectivity index (χ1v) is 14.0. The van der Waals surface area contributed by atoms with Gasteiger partial charge < -0.3 is 25.6 Å². The molecule has 2 aromatic rings. The topological polar surface area (TPSA) is 134 Å². The molecule has 9 nitrogen and oxygen atoms in total. The van der Waals surface area contributed by atoms with E-state index in [9.17, 15) is 18.6 Å². The molecule has 0 saturated heterocycles. The van der Waals surface area contributed by atoms with Gasteiger partial charge in [0.2, 0.25) is 5.95 Å². The van der Waals surface area contributed by atoms with E-state index in [2.05, 4.69) is 20.6 Å². The van der Waals surface area contributed by atoms with Gasteiger partial charge in [-0.15, -0.1) is 0 Å². The molecule has 1 atom stereocenters. The maximum Gasteiger partial charge on any atom is 0.225 e. The zero-order valence-electron chi connectivity index (χ0n) is 21.7. The number of hydrogen-bond acceptors (Lipinski definition) is 9. The number of halogens is 1. The molecule has 11 heteroatoms. The molecule has 0 fully saturated rings. The largest absolute Gasteiger partial charge is 0.493 e. The van der Waals surface area contributed by atoms with Gasteiger partial charge >= 0.3 is 0 Å². The summed E-state index contributed by atoms with van der Waals surface area (Å²) in [6, 6.07) is 6.29. The predicted octanol–water partition coefficient (Wildman–Crippen LogP) is 4.47. The lowest BCUT2D eigenvalue weighted by molar-refractivity contribution is 0.0977. The van der Waals surface area contributed by atoms with Crippen LogP contribution in [0, 0.1) is 5.41 Å². The Balaban J connectivity index is 1.90. The number of aliphatic hydroxyl groups is 2. The molecule has 1 aliphatic carbocycles. The SMILES string of the molecule is CC(C)OC1=CC(C(C)(CO)CO)=CCC1Nc1ncc(Cl)c(Nc2ccccc2S(=O)(=O)C(C)C)n1. The highest BCUT2D eigenvalue weighted by molar-refractivity contribution is 7.92. The highest BCUT2D eigenvalue weighted by Crippen LogP contribution is 2.34. The molecule has 37 heavy (non-hydrogen) atoms. The second kappa shape index (κ2) is 11.8. The fourth-order valence-electron chi connectivity index (χ4n) is 3.73. The molecule has 0 radical (unpaired) electrons. The smallest absolute Gasteiger partial charge is 0.225 e. The Kier molecular flexibility index (Phi) is 9.22. The van der Waals surface area contributed by atoms with Crippen molar-refractivity contribution in [1.29, 1.82) is 0 Å². The molecule has 1 aliphatic rings. The van der Waals surface area contributed by atoms with Crippen LogP contribution in [-0.2, 0) is 14.6 Å². The van der Waals surface area contributed by atoms with Crippen molar-refractivity contribution < 1.29 is 23.4 Å². The molecule has 0 saturated carbocycles. The van der Waals surface area contributed by atoms with Crippen molar-refractivity contribution in [3.63, 3.8) is 0 Å². The van der Waals surface area contributed by atoms with Crippen LogP contribution in [0.4, 0.5) is 17.5 Å². The number of nitrogens with zero attached hydrogens (tertiary/aromatic N) is 2. The monoisotopic (exact) mass is 550 g/mol. The number of aromatic nitrogens is 2. The van der Waals surface area contributed by atoms with Crippen LogP contribution in [0.3, 0.4) is 0 Å². The number of para-hydroxylation sites is 1. The Morgan fingerprint density at radius 2 is 1.86 bits per heavy atom. The second-order valence-electron chi connectivity index (χ2n) is 9.79. The maximum atomic E-state index is 12.8. The van der Waals surface area contributed by atoms with Crippen LogP contribution in [0.2, 0.25) is 5.02 Å². The van der Waals surface area contributed by atoms with E-state index in [0.717, 1.165) is 5.57 Å². The number of aliphatic hydroxyl groups excluding tert-OH is 2. The van der Waals surface area contributed by atoms with E-state index in [0.29, 0.717) is 17.9 Å². The quantitative estimate of drug-likeness (QED) is 0.320. The third kappa shape index (κ3) is 6.62. The summed E-state index contributed by atoms with van der Waals surface area (Å²) in [5.74, 6) is 1.14. The number of ether oxygens (including phenoxy) is 1. The van der Waals surface area contributed by atoms with Crippen LogP contribution in [0.15, 0.2) is 58.8 Å². The minimum Gasteiger partial charge on any atom is -0.493 e. The first kappa shape index (κ1) is 28.9. The minimum absolute atomic E-state index is 0.104. The van der Waals surface area contributed by atoms with Crippen molar-refractivity contribution >= 4 is 38.9 Å². The zero-order chi connectivity index (χ0) is 27.4. The number of rotatable bonds is 11. The van der Waals surface area contributed by atoms with Crippen LogP contribution in [0.1, 0.15) is 41.0 Å². The van der Waals surface area contributed by atoms with Crippen molar-refractivity contribution in [2.75, 3.05) is 23.8 Å². The lowest BCUT2D eigenvalue weighted by Crippen LogP contribution is -2.33. The summed E-state index contributed by atoms with van der Waals surface area (Å²) in [5.41, 5.74) is 0.353. The molecule has 0 aliphatic heterocycles. The van der Waals surface area contributed by atoms with Gasteiger partial charge in [0, 0.05) is 5.41 Å². The molecule has 1 heterocycles. The molecule has 1 aromatic heterocycles. The van der Waals surface area contributed by atoms with Crippen LogP contribution in [0.25, 0.3) is 0 Å². The lowest BCUT2D eigenvalue weighted by Gasteiger charge is -2.32. The van der Waals surface area contributed by atoms with Gasteiger partial charge in [0.05, 0.1) is 47.4 Å². The summed E-state index contributed by atoms with van der Waals surface area (Å²) in [6.45, 7) is 8.46. The maximum absolute atomic E-state index is 12.8. The van der Waals surface area contributed by atoms with Crippen molar-refractivity contribution in [1.82, 2.24) is 9.97 Å². The highest BCUT2D eigenvalue weighted by Gasteiger charge is 2.31. The van der Waals surface area contributed by atoms with E-state index >= 15 is 0 Å². The first-order chi connectivity index (χ1) is 17.4. The molecular weight excluding hydrogens is 516 g/mol. The molecule has 3 rings (SSSR count). The van der Waals surface area contributed by atoms with E-state index in [1.165, 1.54) is 6.20 Å². The number of nitrogens with one attached hydrogen (secondary N) is 2. The number of anilines is 3. The summed E-state index contributed by atoms with van der Waals surface area (Å²) >= 11 is 6.36. The molecule has 0 bridgehead atoms. The molecule has 202 valence electrons. The number of sulfone groups is 1. The molecule has 0 amide bonds. The van der Waals surface area contributed by atoms with E-state index < -0.39 is 20.5 Å². The van der Waals surface area contributed by atoms with E-state index in [1.54, 1.807) is 45.0 Å². The third-order valence-electron chi connectivity index (χ3n) is 6.10. The van der Waals surface area contributed by atoms with Gasteiger partial charge in [-0.3, -0.25) is 0 Å². The van der Waals surface area contributed by atoms with E-state index in [4.69, 9.17) is 16.3 Å². The summed E-state index contributed by atoms with van der Waals surface area (Å²) in [5, 5.41) is 25.6. The number of hydrogen-bond donors (Lipinski definition) is 4. The van der Waals surface area contributed by atoms with Gasteiger partial charge in [-0.05, 0) is 57.9 Å². The normalized spacial score (nSPS) is 16.4. The Bertz CT molecular complexity index is 1270. The number of allylic oxidation sites excluding steroid dienone is 1. The zero-order valence-corrected chi connectivity index (χ0v) is 23.3. The van der Waals surface area contributed by atoms with Crippen LogP contribution >= 0.6 is 11.6 Å². The van der Waals surface area contributed by atoms with Gasteiger partial charge in [-0.25, -0.2) is 13.4 Å². The molecule has 1 unspecified atom stereocenters. The molecular formula is C26H35ClN4O5S. The van der Waals surface area contributed by atoms with Crippen LogP contribution in [-0.4, -0.2) is 59.2 Å². The summed E-state index contributed by atoms with van der Waals surface area (Å²) < 4.78 is 31.7. The second-order valence-corrected chi connectivity index (χ2v) is 12.7. The lowest BCUT2D eigenvalue weighted by atomic mass is 9.80. The van der Waals surface area contributed by atoms with Crippen molar-refractivity contribution in [2.45, 2.75) is 63.3 Å². The average molecular weight is 551 g/mol. The Labute approximate surface area is 223 Å². The standard InChI is InChI=1S/C26H35ClN4O5S/c1-16(2)36-22-12-18(26(5,14-32)15-33)10-11-20(22)30-25-28-13-19(27)24(31-25)29-21-8-6-7-9-23(21)37(34,35)17(3)4/h6-10,12-13,16-17,20,32-33H,11,14-15H2,1-5H3,(H2,28,29,30,31). The first-order valence-electron chi connectivity index (χ1n) is 12.1. The Hall–Kier alpha value is -2.66. The van der Waals surface area contributed by atoms with Crippen molar-refractivity contribution in [2.24, 2.45) is 5.41 Å². The fraction of sp³-hybridized carbons (Fsp3) is 0.462. The van der Waals surface area contributed by atoms with Gasteiger partial charge in [0.25, 0.3) is 0 Å². The van der Waals surface area contributed by atoms with E-state index in [-0.39, 0.29) is 47.0 Å². The highest BCUT2D eigenvalue weighted by atomic mass is 35.5. The minimum atomic E-state index is -3.54. The van der Waals surface area contributed by atoms with Crippen LogP contribution < -0.4 is 10.6 Å². The Morgan fingerprint density at radius 3 is 2.49 bits per heavy atom. The van der Waals surface area contributed by atoms with Crippen molar-refractivity contribution in [3.05, 3.63) is 59.0 Å². The molecule has 0 spiro atoms. The average Bonchev–Trinajstić information content (AvgIpc) is 2.86. The number of benzene rings is 1. The predicted molar refractivity (Wildman–Crippen MR) is 146 cm³/mol. The van der Waals surface area contributed by atoms with Gasteiger partial charge in [-0.2, -0.15) is 4.98 Å². The fourth-order valence-corrected chi connectivity index (χ4v) is 5.07. The Morgan fingerprint density at radius 1 is 1.19 bits per heavy atom. The van der Waals surface area contributed by atoms with Gasteiger partial charge in [-0.1, -0.05) is 36.7 Å². The summed E-state index contributed by atoms with van der Waals surface area (Å²) in [4.78, 5) is 8.95. The van der Waals surface area contributed by atoms with Crippen molar-refractivity contribution in [3.8, 4) is 0 Å². The molecule has 4 N–H and O–H groups in total. The van der Waals surface area contributed by atoms with Gasteiger partial charge in [0.15, 0.2) is 15.7 Å². The summed E-state index contributed by atoms with van der Waals surface area (Å²) in [7, 11) is -3.54. The van der Waals surface area contributed by atoms with Crippen LogP contribution in [0.5, 0.6) is 0 Å². The summed E-state index contributed by atoms with van der Waals surface area (Å²) in [6.07, 6.45) is 5.61. The molecule has 1 aromatic carbocycles. The third-order valence-corrected chi connectivity index (χ3v) is 8.58. The van der Waals surface area contributed by atoms with E-state index in [1.807, 2.05) is 26.0 Å².